The summed E-state index contributed by atoms with van der Waals surface area (Å²) in [5.41, 5.74) is 0. The van der Waals surface area contributed by atoms with E-state index in [2.05, 4.69) is 4.74 Å². The van der Waals surface area contributed by atoms with Crippen LogP contribution in [-0.2, 0) is 14.3 Å². The molecule has 0 saturated carbocycles. The zero-order valence-electron chi connectivity index (χ0n) is 8.73. The SMILES string of the molecule is COC(=O)CCC(=O)Oc1ccc(Cl)cc1. The highest BCUT2D eigenvalue weighted by molar-refractivity contribution is 6.30. The molecule has 0 saturated heterocycles. The first-order valence-electron chi connectivity index (χ1n) is 4.65. The van der Waals surface area contributed by atoms with Crippen LogP contribution in [0.25, 0.3) is 0 Å². The van der Waals surface area contributed by atoms with E-state index in [1.807, 2.05) is 0 Å². The van der Waals surface area contributed by atoms with Crippen LogP contribution in [0, 0.1) is 0 Å². The lowest BCUT2D eigenvalue weighted by molar-refractivity contribution is -0.144. The standard InChI is InChI=1S/C11H11ClO4/c1-15-10(13)6-7-11(14)16-9-4-2-8(12)3-5-9/h2-5H,6-7H2,1H3. The van der Waals surface area contributed by atoms with Gasteiger partial charge in [-0.25, -0.2) is 0 Å². The fourth-order valence-corrected chi connectivity index (χ4v) is 1.12. The van der Waals surface area contributed by atoms with Crippen LogP contribution in [-0.4, -0.2) is 19.0 Å². The van der Waals surface area contributed by atoms with Crippen LogP contribution in [0.4, 0.5) is 0 Å². The lowest BCUT2D eigenvalue weighted by atomic mass is 10.3. The van der Waals surface area contributed by atoms with Crippen molar-refractivity contribution in [3.63, 3.8) is 0 Å². The molecule has 0 amide bonds. The van der Waals surface area contributed by atoms with Gasteiger partial charge in [0.1, 0.15) is 5.75 Å². The zero-order valence-corrected chi connectivity index (χ0v) is 9.49. The second kappa shape index (κ2) is 6.12. The molecule has 0 aliphatic rings. The molecule has 16 heavy (non-hydrogen) atoms. The van der Waals surface area contributed by atoms with Gasteiger partial charge >= 0.3 is 11.9 Å². The minimum absolute atomic E-state index is 0.00466. The molecule has 0 atom stereocenters. The Hall–Kier alpha value is -1.55. The number of carbonyl (C=O) groups is 2. The van der Waals surface area contributed by atoms with Crippen molar-refractivity contribution in [2.75, 3.05) is 7.11 Å². The predicted molar refractivity (Wildman–Crippen MR) is 58.3 cm³/mol. The monoisotopic (exact) mass is 242 g/mol. The summed E-state index contributed by atoms with van der Waals surface area (Å²) in [6.45, 7) is 0. The van der Waals surface area contributed by atoms with Gasteiger partial charge in [0, 0.05) is 5.02 Å². The average Bonchev–Trinajstić information content (AvgIpc) is 2.29. The zero-order chi connectivity index (χ0) is 12.0. The first-order chi connectivity index (χ1) is 7.61. The van der Waals surface area contributed by atoms with E-state index < -0.39 is 11.9 Å². The summed E-state index contributed by atoms with van der Waals surface area (Å²) in [5.74, 6) is -0.514. The highest BCUT2D eigenvalue weighted by Crippen LogP contribution is 2.16. The second-order valence-electron chi connectivity index (χ2n) is 3.00. The third kappa shape index (κ3) is 4.31. The molecule has 0 unspecified atom stereocenters. The molecule has 0 bridgehead atoms. The Morgan fingerprint density at radius 1 is 1.12 bits per heavy atom. The number of rotatable bonds is 4. The van der Waals surface area contributed by atoms with Gasteiger partial charge in [-0.05, 0) is 24.3 Å². The summed E-state index contributed by atoms with van der Waals surface area (Å²) in [6, 6.07) is 6.39. The maximum atomic E-state index is 11.3. The fraction of sp³-hybridized carbons (Fsp3) is 0.273. The molecule has 0 fully saturated rings. The number of hydrogen-bond acceptors (Lipinski definition) is 4. The van der Waals surface area contributed by atoms with Crippen molar-refractivity contribution < 1.29 is 19.1 Å². The predicted octanol–water partition coefficient (Wildman–Crippen LogP) is 2.20. The molecule has 0 N–H and O–H groups in total. The average molecular weight is 243 g/mol. The van der Waals surface area contributed by atoms with Gasteiger partial charge in [0.15, 0.2) is 0 Å². The number of ether oxygens (including phenoxy) is 2. The smallest absolute Gasteiger partial charge is 0.311 e. The van der Waals surface area contributed by atoms with Crippen molar-refractivity contribution in [1.82, 2.24) is 0 Å². The van der Waals surface area contributed by atoms with Gasteiger partial charge in [0.25, 0.3) is 0 Å². The highest BCUT2D eigenvalue weighted by Gasteiger charge is 2.08. The van der Waals surface area contributed by atoms with Gasteiger partial charge in [-0.15, -0.1) is 0 Å². The molecule has 86 valence electrons. The summed E-state index contributed by atoms with van der Waals surface area (Å²) >= 11 is 5.67. The van der Waals surface area contributed by atoms with Crippen molar-refractivity contribution in [1.29, 1.82) is 0 Å². The Kier molecular flexibility index (Phi) is 4.79. The van der Waals surface area contributed by atoms with E-state index in [1.54, 1.807) is 24.3 Å². The molecule has 4 nitrogen and oxygen atoms in total. The third-order valence-corrected chi connectivity index (χ3v) is 2.06. The molecule has 0 aliphatic heterocycles. The van der Waals surface area contributed by atoms with E-state index >= 15 is 0 Å². The van der Waals surface area contributed by atoms with Crippen molar-refractivity contribution in [2.45, 2.75) is 12.8 Å². The normalized spacial score (nSPS) is 9.62. The van der Waals surface area contributed by atoms with Crippen molar-refractivity contribution >= 4 is 23.5 Å². The summed E-state index contributed by atoms with van der Waals surface area (Å²) in [7, 11) is 1.27. The number of carbonyl (C=O) groups excluding carboxylic acids is 2. The van der Waals surface area contributed by atoms with Gasteiger partial charge in [-0.2, -0.15) is 0 Å². The molecular weight excluding hydrogens is 232 g/mol. The minimum Gasteiger partial charge on any atom is -0.469 e. The third-order valence-electron chi connectivity index (χ3n) is 1.81. The quantitative estimate of drug-likeness (QED) is 0.600. The van der Waals surface area contributed by atoms with E-state index in [0.29, 0.717) is 10.8 Å². The van der Waals surface area contributed by atoms with Crippen molar-refractivity contribution in [3.05, 3.63) is 29.3 Å². The molecular formula is C11H11ClO4. The van der Waals surface area contributed by atoms with E-state index in [4.69, 9.17) is 16.3 Å². The Morgan fingerprint density at radius 2 is 1.69 bits per heavy atom. The number of esters is 2. The summed E-state index contributed by atoms with van der Waals surface area (Å²) in [6.07, 6.45) is 0.0121. The number of benzene rings is 1. The molecule has 1 aromatic rings. The van der Waals surface area contributed by atoms with Crippen LogP contribution in [0.15, 0.2) is 24.3 Å². The molecule has 0 aromatic heterocycles. The topological polar surface area (TPSA) is 52.6 Å². The number of methoxy groups -OCH3 is 1. The van der Waals surface area contributed by atoms with Crippen LogP contribution in [0.3, 0.4) is 0 Å². The Balaban J connectivity index is 2.40. The summed E-state index contributed by atoms with van der Waals surface area (Å²) < 4.78 is 9.36. The van der Waals surface area contributed by atoms with Crippen LogP contribution in [0.5, 0.6) is 5.75 Å². The first-order valence-corrected chi connectivity index (χ1v) is 5.02. The van der Waals surface area contributed by atoms with E-state index in [0.717, 1.165) is 0 Å². The Morgan fingerprint density at radius 3 is 2.25 bits per heavy atom. The largest absolute Gasteiger partial charge is 0.469 e. The number of hydrogen-bond donors (Lipinski definition) is 0. The molecule has 1 aromatic carbocycles. The van der Waals surface area contributed by atoms with E-state index in [-0.39, 0.29) is 12.8 Å². The first kappa shape index (κ1) is 12.5. The maximum absolute atomic E-state index is 11.3. The lowest BCUT2D eigenvalue weighted by Crippen LogP contribution is -2.11. The Bertz CT molecular complexity index is 372. The van der Waals surface area contributed by atoms with Crippen LogP contribution >= 0.6 is 11.6 Å². The fourth-order valence-electron chi connectivity index (χ4n) is 0.991. The molecule has 0 heterocycles. The van der Waals surface area contributed by atoms with Crippen molar-refractivity contribution in [2.24, 2.45) is 0 Å². The van der Waals surface area contributed by atoms with Gasteiger partial charge in [0.2, 0.25) is 0 Å². The van der Waals surface area contributed by atoms with E-state index in [9.17, 15) is 9.59 Å². The van der Waals surface area contributed by atoms with Crippen molar-refractivity contribution in [3.8, 4) is 5.75 Å². The van der Waals surface area contributed by atoms with E-state index in [1.165, 1.54) is 7.11 Å². The Labute approximate surface area is 98.1 Å². The van der Waals surface area contributed by atoms with Gasteiger partial charge in [-0.1, -0.05) is 11.6 Å². The maximum Gasteiger partial charge on any atom is 0.311 e. The van der Waals surface area contributed by atoms with Gasteiger partial charge < -0.3 is 9.47 Å². The summed E-state index contributed by atoms with van der Waals surface area (Å²) in [4.78, 5) is 22.0. The van der Waals surface area contributed by atoms with Gasteiger partial charge in [0.05, 0.1) is 20.0 Å². The molecule has 5 heteroatoms. The number of halogens is 1. The highest BCUT2D eigenvalue weighted by atomic mass is 35.5. The molecule has 0 spiro atoms. The van der Waals surface area contributed by atoms with Crippen LogP contribution in [0.1, 0.15) is 12.8 Å². The second-order valence-corrected chi connectivity index (χ2v) is 3.44. The lowest BCUT2D eigenvalue weighted by Gasteiger charge is -2.03. The molecule has 1 rings (SSSR count). The van der Waals surface area contributed by atoms with Crippen LogP contribution < -0.4 is 4.74 Å². The van der Waals surface area contributed by atoms with Gasteiger partial charge in [-0.3, -0.25) is 9.59 Å². The minimum atomic E-state index is -0.479. The van der Waals surface area contributed by atoms with Crippen LogP contribution in [0.2, 0.25) is 5.02 Å². The summed E-state index contributed by atoms with van der Waals surface area (Å²) in [5, 5.41) is 0.564. The molecule has 0 aliphatic carbocycles. The molecule has 0 radical (unpaired) electrons.